The van der Waals surface area contributed by atoms with E-state index in [4.69, 9.17) is 0 Å². The molecule has 0 aliphatic heterocycles. The van der Waals surface area contributed by atoms with Crippen LogP contribution in [0.1, 0.15) is 83.1 Å². The van der Waals surface area contributed by atoms with Crippen molar-refractivity contribution in [3.63, 3.8) is 0 Å². The number of nitrogens with zero attached hydrogens (tertiary/aromatic N) is 4. The van der Waals surface area contributed by atoms with Crippen LogP contribution < -0.4 is 0 Å². The first-order valence-corrected chi connectivity index (χ1v) is 8.59. The Bertz CT molecular complexity index is 360. The van der Waals surface area contributed by atoms with E-state index in [9.17, 15) is 0 Å². The van der Waals surface area contributed by atoms with E-state index in [0.29, 0.717) is 0 Å². The first kappa shape index (κ1) is 29.0. The van der Waals surface area contributed by atoms with Crippen molar-refractivity contribution in [3.8, 4) is 0 Å². The molecule has 0 aliphatic carbocycles. The number of hydrogen-bond donors (Lipinski definition) is 0. The molecular weight excluding hydrogens is 355 g/mol. The SMILES string of the molecule is CC(C)(C)N=CC=NC(C)(C)C.CC(C)(C)N=CC=NC(C)(C)C.[Ni]. The summed E-state index contributed by atoms with van der Waals surface area (Å²) < 4.78 is 0. The summed E-state index contributed by atoms with van der Waals surface area (Å²) in [5.74, 6) is 0. The van der Waals surface area contributed by atoms with Crippen molar-refractivity contribution < 1.29 is 16.5 Å². The van der Waals surface area contributed by atoms with Crippen molar-refractivity contribution >= 4 is 24.9 Å². The maximum absolute atomic E-state index is 4.29. The fraction of sp³-hybridized carbons (Fsp3) is 0.800. The first-order chi connectivity index (χ1) is 10.4. The van der Waals surface area contributed by atoms with Crippen LogP contribution in [0.3, 0.4) is 0 Å². The Kier molecular flexibility index (Phi) is 13.6. The summed E-state index contributed by atoms with van der Waals surface area (Å²) >= 11 is 0. The van der Waals surface area contributed by atoms with E-state index >= 15 is 0 Å². The van der Waals surface area contributed by atoms with Crippen molar-refractivity contribution in [2.45, 2.75) is 105 Å². The molecule has 0 aromatic carbocycles. The first-order valence-electron chi connectivity index (χ1n) is 8.59. The van der Waals surface area contributed by atoms with Gasteiger partial charge in [-0.1, -0.05) is 0 Å². The zero-order valence-corrected chi connectivity index (χ0v) is 19.4. The molecule has 0 heterocycles. The second-order valence-electron chi connectivity index (χ2n) is 9.80. The predicted molar refractivity (Wildman–Crippen MR) is 113 cm³/mol. The van der Waals surface area contributed by atoms with E-state index in [-0.39, 0.29) is 38.6 Å². The van der Waals surface area contributed by atoms with Crippen molar-refractivity contribution in [2.75, 3.05) is 0 Å². The molecule has 0 radical (unpaired) electrons. The largest absolute Gasteiger partial charge is 0.286 e. The smallest absolute Gasteiger partial charge is 0.0524 e. The van der Waals surface area contributed by atoms with Crippen molar-refractivity contribution in [1.82, 2.24) is 0 Å². The van der Waals surface area contributed by atoms with Gasteiger partial charge in [-0.25, -0.2) is 0 Å². The summed E-state index contributed by atoms with van der Waals surface area (Å²) in [5.41, 5.74) is 0.0155. The van der Waals surface area contributed by atoms with Gasteiger partial charge in [0.25, 0.3) is 0 Å². The molecule has 0 aliphatic rings. The molecule has 150 valence electrons. The van der Waals surface area contributed by atoms with Crippen molar-refractivity contribution in [3.05, 3.63) is 0 Å². The van der Waals surface area contributed by atoms with Gasteiger partial charge in [-0.3, -0.25) is 20.0 Å². The van der Waals surface area contributed by atoms with Crippen LogP contribution in [0.5, 0.6) is 0 Å². The van der Waals surface area contributed by atoms with Crippen LogP contribution in [0.2, 0.25) is 0 Å². The minimum absolute atomic E-state index is 0. The molecule has 0 aromatic heterocycles. The molecule has 0 saturated carbocycles. The molecule has 0 atom stereocenters. The second kappa shape index (κ2) is 11.7. The third kappa shape index (κ3) is 35.2. The Morgan fingerprint density at radius 3 is 0.560 bits per heavy atom. The van der Waals surface area contributed by atoms with Gasteiger partial charge < -0.3 is 0 Å². The normalized spacial score (nSPS) is 14.2. The average Bonchev–Trinajstić information content (AvgIpc) is 2.27. The summed E-state index contributed by atoms with van der Waals surface area (Å²) in [4.78, 5) is 17.1. The molecule has 0 amide bonds. The van der Waals surface area contributed by atoms with E-state index in [2.05, 4.69) is 103 Å². The van der Waals surface area contributed by atoms with Gasteiger partial charge in [0.2, 0.25) is 0 Å². The van der Waals surface area contributed by atoms with E-state index in [0.717, 1.165) is 0 Å². The molecule has 5 heteroatoms. The van der Waals surface area contributed by atoms with Crippen LogP contribution in [0.4, 0.5) is 0 Å². The van der Waals surface area contributed by atoms with E-state index in [1.807, 2.05) is 0 Å². The van der Waals surface area contributed by atoms with E-state index in [1.54, 1.807) is 24.9 Å². The molecular formula is C20H40N4Ni. The molecule has 4 nitrogen and oxygen atoms in total. The minimum Gasteiger partial charge on any atom is -0.286 e. The van der Waals surface area contributed by atoms with Crippen LogP contribution in [0.25, 0.3) is 0 Å². The summed E-state index contributed by atoms with van der Waals surface area (Å²) in [6.45, 7) is 24.8. The third-order valence-electron chi connectivity index (χ3n) is 1.98. The fourth-order valence-corrected chi connectivity index (χ4v) is 1.03. The zero-order valence-electron chi connectivity index (χ0n) is 18.4. The summed E-state index contributed by atoms with van der Waals surface area (Å²) in [5, 5.41) is 0. The van der Waals surface area contributed by atoms with Gasteiger partial charge in [-0.05, 0) is 83.1 Å². The van der Waals surface area contributed by atoms with E-state index in [1.165, 1.54) is 0 Å². The summed E-state index contributed by atoms with van der Waals surface area (Å²) in [6, 6.07) is 0. The van der Waals surface area contributed by atoms with Crippen LogP contribution in [-0.2, 0) is 16.5 Å². The van der Waals surface area contributed by atoms with Gasteiger partial charge in [-0.15, -0.1) is 0 Å². The molecule has 0 N–H and O–H groups in total. The van der Waals surface area contributed by atoms with Gasteiger partial charge in [0.05, 0.1) is 22.2 Å². The van der Waals surface area contributed by atoms with Gasteiger partial charge in [0.1, 0.15) is 0 Å². The average molecular weight is 395 g/mol. The van der Waals surface area contributed by atoms with Gasteiger partial charge in [0.15, 0.2) is 0 Å². The molecule has 0 spiro atoms. The number of rotatable bonds is 2. The fourth-order valence-electron chi connectivity index (χ4n) is 1.03. The van der Waals surface area contributed by atoms with Gasteiger partial charge >= 0.3 is 0 Å². The molecule has 0 fully saturated rings. The maximum Gasteiger partial charge on any atom is 0.0524 e. The van der Waals surface area contributed by atoms with Crippen LogP contribution in [0.15, 0.2) is 20.0 Å². The van der Waals surface area contributed by atoms with Gasteiger partial charge in [-0.2, -0.15) is 0 Å². The molecule has 0 saturated heterocycles. The standard InChI is InChI=1S/2C10H20N2.Ni/c2*1-9(2,3)11-7-8-12-10(4,5)6;/h2*7-8H,1-6H3;. The Balaban J connectivity index is -0.000000372. The predicted octanol–water partition coefficient (Wildman–Crippen LogP) is 5.45. The van der Waals surface area contributed by atoms with Crippen LogP contribution >= 0.6 is 0 Å². The number of aliphatic imine (C=N–C) groups is 4. The molecule has 0 rings (SSSR count). The quantitative estimate of drug-likeness (QED) is 0.441. The van der Waals surface area contributed by atoms with E-state index < -0.39 is 0 Å². The topological polar surface area (TPSA) is 49.4 Å². The number of hydrogen-bond acceptors (Lipinski definition) is 4. The van der Waals surface area contributed by atoms with Crippen LogP contribution in [-0.4, -0.2) is 47.0 Å². The minimum atomic E-state index is 0. The Labute approximate surface area is 166 Å². The molecule has 25 heavy (non-hydrogen) atoms. The maximum atomic E-state index is 4.29. The molecule has 0 bridgehead atoms. The van der Waals surface area contributed by atoms with Crippen molar-refractivity contribution in [1.29, 1.82) is 0 Å². The Morgan fingerprint density at radius 1 is 0.360 bits per heavy atom. The second-order valence-corrected chi connectivity index (χ2v) is 9.80. The van der Waals surface area contributed by atoms with Gasteiger partial charge in [0, 0.05) is 41.3 Å². The zero-order chi connectivity index (χ0) is 19.7. The third-order valence-corrected chi connectivity index (χ3v) is 1.98. The van der Waals surface area contributed by atoms with Crippen molar-refractivity contribution in [2.24, 2.45) is 20.0 Å². The Hall–Kier alpha value is -0.826. The van der Waals surface area contributed by atoms with Crippen LogP contribution in [0, 0.1) is 0 Å². The Morgan fingerprint density at radius 2 is 0.480 bits per heavy atom. The summed E-state index contributed by atoms with van der Waals surface area (Å²) in [6.07, 6.45) is 7.08. The molecule has 0 unspecified atom stereocenters. The molecule has 0 aromatic rings. The summed E-state index contributed by atoms with van der Waals surface area (Å²) in [7, 11) is 0. The monoisotopic (exact) mass is 394 g/mol.